The molecule has 2 aromatic rings. The Balaban J connectivity index is 1.72. The molecular formula is C15H17N3O2. The lowest BCUT2D eigenvalue weighted by Gasteiger charge is -2.24. The molecule has 20 heavy (non-hydrogen) atoms. The van der Waals surface area contributed by atoms with E-state index in [4.69, 9.17) is 4.52 Å². The van der Waals surface area contributed by atoms with Crippen LogP contribution in [-0.4, -0.2) is 17.6 Å². The maximum atomic E-state index is 12.3. The number of carbonyl (C=O) groups is 1. The fourth-order valence-electron chi connectivity index (χ4n) is 2.37. The van der Waals surface area contributed by atoms with Gasteiger partial charge in [-0.2, -0.15) is 0 Å². The number of para-hydroxylation sites is 1. The van der Waals surface area contributed by atoms with Gasteiger partial charge < -0.3 is 9.84 Å². The summed E-state index contributed by atoms with van der Waals surface area (Å²) in [5.41, 5.74) is 3.96. The van der Waals surface area contributed by atoms with E-state index in [0.717, 1.165) is 23.4 Å². The first-order valence-corrected chi connectivity index (χ1v) is 6.70. The van der Waals surface area contributed by atoms with Crippen LogP contribution in [0.3, 0.4) is 0 Å². The van der Waals surface area contributed by atoms with Crippen molar-refractivity contribution in [3.63, 3.8) is 0 Å². The molecule has 0 spiro atoms. The Morgan fingerprint density at radius 2 is 2.20 bits per heavy atom. The largest absolute Gasteiger partial charge is 0.384 e. The number of nitrogens with zero attached hydrogens (tertiary/aromatic N) is 1. The highest BCUT2D eigenvalue weighted by Gasteiger charge is 2.25. The number of hydrogen-bond acceptors (Lipinski definition) is 4. The maximum absolute atomic E-state index is 12.3. The summed E-state index contributed by atoms with van der Waals surface area (Å²) in [5, 5.41) is 9.96. The van der Waals surface area contributed by atoms with E-state index < -0.39 is 0 Å². The fraction of sp³-hybridized carbons (Fsp3) is 0.333. The standard InChI is InChI=1S/C15H17N3O2/c1-9-10(2)18-20-15(9)17-14(19)12-7-11-5-3-4-6-13(11)16-8-12/h3-6,12,16H,7-8H2,1-2H3,(H,17,19). The van der Waals surface area contributed by atoms with E-state index in [0.29, 0.717) is 12.4 Å². The van der Waals surface area contributed by atoms with Crippen molar-refractivity contribution in [2.24, 2.45) is 5.92 Å². The molecule has 0 fully saturated rings. The first-order chi connectivity index (χ1) is 9.65. The predicted octanol–water partition coefficient (Wildman–Crippen LogP) is 2.51. The van der Waals surface area contributed by atoms with Crippen molar-refractivity contribution >= 4 is 17.5 Å². The number of hydrogen-bond donors (Lipinski definition) is 2. The first kappa shape index (κ1) is 12.7. The number of aromatic nitrogens is 1. The number of aryl methyl sites for hydroxylation is 1. The van der Waals surface area contributed by atoms with Crippen LogP contribution in [0.25, 0.3) is 0 Å². The van der Waals surface area contributed by atoms with E-state index >= 15 is 0 Å². The number of fused-ring (bicyclic) bond motifs is 1. The molecule has 2 heterocycles. The molecule has 0 radical (unpaired) electrons. The highest BCUT2D eigenvalue weighted by Crippen LogP contribution is 2.25. The lowest BCUT2D eigenvalue weighted by atomic mass is 9.93. The third-order valence-electron chi connectivity index (χ3n) is 3.79. The lowest BCUT2D eigenvalue weighted by Crippen LogP contribution is -2.33. The molecule has 1 aliphatic heterocycles. The summed E-state index contributed by atoms with van der Waals surface area (Å²) in [7, 11) is 0. The van der Waals surface area contributed by atoms with E-state index in [1.165, 1.54) is 5.56 Å². The van der Waals surface area contributed by atoms with Gasteiger partial charge in [0, 0.05) is 17.8 Å². The summed E-state index contributed by atoms with van der Waals surface area (Å²) in [6.07, 6.45) is 0.737. The van der Waals surface area contributed by atoms with Crippen molar-refractivity contribution in [1.82, 2.24) is 5.16 Å². The summed E-state index contributed by atoms with van der Waals surface area (Å²) in [5.74, 6) is 0.312. The predicted molar refractivity (Wildman–Crippen MR) is 76.7 cm³/mol. The molecule has 0 bridgehead atoms. The molecule has 1 atom stereocenters. The van der Waals surface area contributed by atoms with Crippen LogP contribution in [0.15, 0.2) is 28.8 Å². The summed E-state index contributed by atoms with van der Waals surface area (Å²) in [6, 6.07) is 8.07. The Morgan fingerprint density at radius 1 is 1.40 bits per heavy atom. The Morgan fingerprint density at radius 3 is 2.95 bits per heavy atom. The van der Waals surface area contributed by atoms with Crippen molar-refractivity contribution in [2.45, 2.75) is 20.3 Å². The lowest BCUT2D eigenvalue weighted by molar-refractivity contribution is -0.119. The number of anilines is 2. The van der Waals surface area contributed by atoms with E-state index in [-0.39, 0.29) is 11.8 Å². The number of rotatable bonds is 2. The second-order valence-corrected chi connectivity index (χ2v) is 5.15. The molecule has 5 heteroatoms. The smallest absolute Gasteiger partial charge is 0.234 e. The molecule has 5 nitrogen and oxygen atoms in total. The summed E-state index contributed by atoms with van der Waals surface area (Å²) < 4.78 is 5.12. The third-order valence-corrected chi connectivity index (χ3v) is 3.79. The zero-order valence-corrected chi connectivity index (χ0v) is 11.6. The van der Waals surface area contributed by atoms with Gasteiger partial charge in [-0.1, -0.05) is 23.4 Å². The van der Waals surface area contributed by atoms with E-state index in [1.54, 1.807) is 0 Å². The van der Waals surface area contributed by atoms with Gasteiger partial charge in [0.25, 0.3) is 0 Å². The van der Waals surface area contributed by atoms with Gasteiger partial charge in [0.05, 0.1) is 11.6 Å². The van der Waals surface area contributed by atoms with Crippen molar-refractivity contribution in [3.05, 3.63) is 41.1 Å². The van der Waals surface area contributed by atoms with Gasteiger partial charge in [0.15, 0.2) is 0 Å². The van der Waals surface area contributed by atoms with Crippen molar-refractivity contribution in [3.8, 4) is 0 Å². The molecule has 1 aromatic carbocycles. The molecule has 3 rings (SSSR count). The Hall–Kier alpha value is -2.30. The molecule has 1 aliphatic rings. The SMILES string of the molecule is Cc1noc(NC(=O)C2CNc3ccccc3C2)c1C. The Kier molecular flexibility index (Phi) is 3.18. The fourth-order valence-corrected chi connectivity index (χ4v) is 2.37. The van der Waals surface area contributed by atoms with E-state index in [2.05, 4.69) is 15.8 Å². The van der Waals surface area contributed by atoms with E-state index in [9.17, 15) is 4.79 Å². The van der Waals surface area contributed by atoms with Gasteiger partial charge in [0.2, 0.25) is 11.8 Å². The molecule has 0 saturated heterocycles. The second kappa shape index (κ2) is 5.00. The quantitative estimate of drug-likeness (QED) is 0.880. The monoisotopic (exact) mass is 271 g/mol. The molecule has 2 N–H and O–H groups in total. The van der Waals surface area contributed by atoms with Crippen LogP contribution < -0.4 is 10.6 Å². The van der Waals surface area contributed by atoms with Crippen LogP contribution >= 0.6 is 0 Å². The average Bonchev–Trinajstić information content (AvgIpc) is 2.78. The van der Waals surface area contributed by atoms with Gasteiger partial charge >= 0.3 is 0 Å². The summed E-state index contributed by atoms with van der Waals surface area (Å²) >= 11 is 0. The Bertz CT molecular complexity index is 648. The van der Waals surface area contributed by atoms with Gasteiger partial charge in [-0.15, -0.1) is 0 Å². The first-order valence-electron chi connectivity index (χ1n) is 6.70. The third kappa shape index (κ3) is 2.27. The molecule has 0 saturated carbocycles. The molecule has 1 amide bonds. The highest BCUT2D eigenvalue weighted by atomic mass is 16.5. The Labute approximate surface area is 117 Å². The van der Waals surface area contributed by atoms with Crippen LogP contribution in [0.2, 0.25) is 0 Å². The van der Waals surface area contributed by atoms with Crippen LogP contribution in [0, 0.1) is 19.8 Å². The molecule has 1 unspecified atom stereocenters. The minimum absolute atomic E-state index is 0.0359. The topological polar surface area (TPSA) is 67.2 Å². The number of benzene rings is 1. The minimum Gasteiger partial charge on any atom is -0.384 e. The minimum atomic E-state index is -0.102. The zero-order chi connectivity index (χ0) is 14.1. The normalized spacial score (nSPS) is 17.2. The number of nitrogens with one attached hydrogen (secondary N) is 2. The summed E-state index contributed by atoms with van der Waals surface area (Å²) in [4.78, 5) is 12.3. The molecular weight excluding hydrogens is 254 g/mol. The van der Waals surface area contributed by atoms with Crippen LogP contribution in [-0.2, 0) is 11.2 Å². The van der Waals surface area contributed by atoms with Crippen molar-refractivity contribution in [1.29, 1.82) is 0 Å². The average molecular weight is 271 g/mol. The maximum Gasteiger partial charge on any atom is 0.234 e. The van der Waals surface area contributed by atoms with Crippen molar-refractivity contribution < 1.29 is 9.32 Å². The molecule has 104 valence electrons. The van der Waals surface area contributed by atoms with Crippen molar-refractivity contribution in [2.75, 3.05) is 17.2 Å². The second-order valence-electron chi connectivity index (χ2n) is 5.15. The molecule has 1 aromatic heterocycles. The van der Waals surface area contributed by atoms with Gasteiger partial charge in [-0.3, -0.25) is 10.1 Å². The van der Waals surface area contributed by atoms with E-state index in [1.807, 2.05) is 38.1 Å². The van der Waals surface area contributed by atoms with Crippen LogP contribution in [0.1, 0.15) is 16.8 Å². The molecule has 0 aliphatic carbocycles. The summed E-state index contributed by atoms with van der Waals surface area (Å²) in [6.45, 7) is 4.37. The zero-order valence-electron chi connectivity index (χ0n) is 11.6. The number of carbonyl (C=O) groups excluding carboxylic acids is 1. The van der Waals surface area contributed by atoms with Gasteiger partial charge in [-0.25, -0.2) is 0 Å². The number of amides is 1. The van der Waals surface area contributed by atoms with Crippen LogP contribution in [0.5, 0.6) is 0 Å². The van der Waals surface area contributed by atoms with Gasteiger partial charge in [-0.05, 0) is 31.9 Å². The highest BCUT2D eigenvalue weighted by molar-refractivity contribution is 5.93. The van der Waals surface area contributed by atoms with Gasteiger partial charge in [0.1, 0.15) is 0 Å². The van der Waals surface area contributed by atoms with Crippen LogP contribution in [0.4, 0.5) is 11.6 Å².